The van der Waals surface area contributed by atoms with Crippen LogP contribution in [-0.2, 0) is 11.3 Å². The van der Waals surface area contributed by atoms with Crippen LogP contribution in [0.1, 0.15) is 0 Å². The van der Waals surface area contributed by atoms with Crippen LogP contribution in [0, 0.1) is 0 Å². The number of carboxylic acid groups (broad SMARTS) is 1. The molecule has 0 amide bonds. The molecule has 5 heteroatoms. The molecule has 1 aromatic carbocycles. The first-order valence-electron chi connectivity index (χ1n) is 5.25. The molecule has 0 saturated carbocycles. The van der Waals surface area contributed by atoms with Crippen molar-refractivity contribution in [2.24, 2.45) is 0 Å². The van der Waals surface area contributed by atoms with E-state index >= 15 is 0 Å². The van der Waals surface area contributed by atoms with E-state index in [0.29, 0.717) is 5.75 Å². The molecular weight excluding hydrogens is 238 g/mol. The van der Waals surface area contributed by atoms with Crippen molar-refractivity contribution in [3.63, 3.8) is 0 Å². The number of aliphatic hydroxyl groups excluding tert-OH is 1. The number of hydrogen-bond acceptors (Lipinski definition) is 3. The Morgan fingerprint density at radius 3 is 2.82 bits per heavy atom. The second-order valence-corrected chi connectivity index (χ2v) is 4.70. The van der Waals surface area contributed by atoms with Gasteiger partial charge in [-0.2, -0.15) is 0 Å². The topological polar surface area (TPSA) is 62.5 Å². The van der Waals surface area contributed by atoms with Gasteiger partial charge in [0.25, 0.3) is 0 Å². The summed E-state index contributed by atoms with van der Waals surface area (Å²) in [6, 6.07) is 7.77. The van der Waals surface area contributed by atoms with Crippen LogP contribution in [0.4, 0.5) is 0 Å². The molecule has 17 heavy (non-hydrogen) atoms. The molecular formula is C12H13NO3S. The van der Waals surface area contributed by atoms with Gasteiger partial charge in [0.1, 0.15) is 6.54 Å². The van der Waals surface area contributed by atoms with Gasteiger partial charge in [-0.3, -0.25) is 4.79 Å². The molecule has 2 N–H and O–H groups in total. The summed E-state index contributed by atoms with van der Waals surface area (Å²) in [7, 11) is 0. The van der Waals surface area contributed by atoms with Gasteiger partial charge in [0.15, 0.2) is 0 Å². The van der Waals surface area contributed by atoms with E-state index in [4.69, 9.17) is 10.2 Å². The van der Waals surface area contributed by atoms with Crippen molar-refractivity contribution >= 4 is 28.5 Å². The molecule has 1 aromatic heterocycles. The molecule has 0 bridgehead atoms. The molecule has 0 aliphatic carbocycles. The predicted octanol–water partition coefficient (Wildman–Crippen LogP) is 1.81. The van der Waals surface area contributed by atoms with Crippen LogP contribution in [0.2, 0.25) is 0 Å². The summed E-state index contributed by atoms with van der Waals surface area (Å²) in [6.07, 6.45) is 1.84. The minimum atomic E-state index is -0.865. The molecule has 1 heterocycles. The van der Waals surface area contributed by atoms with Gasteiger partial charge in [0.2, 0.25) is 0 Å². The summed E-state index contributed by atoms with van der Waals surface area (Å²) >= 11 is 1.47. The second-order valence-electron chi connectivity index (χ2n) is 3.62. The van der Waals surface area contributed by atoms with Crippen LogP contribution in [0.15, 0.2) is 35.5 Å². The second kappa shape index (κ2) is 5.25. The predicted molar refractivity (Wildman–Crippen MR) is 67.4 cm³/mol. The number of thioether (sulfide) groups is 1. The highest BCUT2D eigenvalue weighted by Crippen LogP contribution is 2.29. The molecule has 90 valence electrons. The number of benzene rings is 1. The van der Waals surface area contributed by atoms with E-state index in [-0.39, 0.29) is 13.2 Å². The van der Waals surface area contributed by atoms with Crippen molar-refractivity contribution in [3.05, 3.63) is 30.5 Å². The van der Waals surface area contributed by atoms with E-state index < -0.39 is 5.97 Å². The van der Waals surface area contributed by atoms with E-state index in [9.17, 15) is 4.79 Å². The van der Waals surface area contributed by atoms with Crippen LogP contribution in [0.5, 0.6) is 0 Å². The third-order valence-corrected chi connectivity index (χ3v) is 3.50. The minimum Gasteiger partial charge on any atom is -0.480 e. The van der Waals surface area contributed by atoms with E-state index in [1.807, 2.05) is 30.5 Å². The summed E-state index contributed by atoms with van der Waals surface area (Å²) in [5.41, 5.74) is 0. The highest BCUT2D eigenvalue weighted by molar-refractivity contribution is 7.99. The standard InChI is InChI=1S/C12H13NO3S/c14-5-6-17-12-10-4-2-1-3-9(10)7-13(12)8-11(15)16/h1-4,7,14H,5-6,8H2,(H,15,16). The number of hydrogen-bond donors (Lipinski definition) is 2. The first-order chi connectivity index (χ1) is 8.22. The summed E-state index contributed by atoms with van der Waals surface area (Å²) in [5.74, 6) is -0.302. The number of rotatable bonds is 5. The maximum Gasteiger partial charge on any atom is 0.323 e. The zero-order valence-corrected chi connectivity index (χ0v) is 9.98. The lowest BCUT2D eigenvalue weighted by Gasteiger charge is -2.05. The largest absolute Gasteiger partial charge is 0.480 e. The third-order valence-electron chi connectivity index (χ3n) is 2.38. The normalized spacial score (nSPS) is 10.9. The van der Waals surface area contributed by atoms with Crippen LogP contribution in [0.3, 0.4) is 0 Å². The third kappa shape index (κ3) is 2.62. The molecule has 0 unspecified atom stereocenters. The van der Waals surface area contributed by atoms with E-state index in [2.05, 4.69) is 0 Å². The molecule has 2 aromatic rings. The number of aromatic nitrogens is 1. The first kappa shape index (κ1) is 12.0. The highest BCUT2D eigenvalue weighted by atomic mass is 32.2. The maximum absolute atomic E-state index is 10.8. The van der Waals surface area contributed by atoms with Crippen molar-refractivity contribution < 1.29 is 15.0 Å². The van der Waals surface area contributed by atoms with Crippen molar-refractivity contribution in [2.75, 3.05) is 12.4 Å². The number of carbonyl (C=O) groups is 1. The van der Waals surface area contributed by atoms with Gasteiger partial charge in [-0.1, -0.05) is 24.3 Å². The smallest absolute Gasteiger partial charge is 0.323 e. The molecule has 0 aliphatic heterocycles. The van der Waals surface area contributed by atoms with Crippen molar-refractivity contribution in [2.45, 2.75) is 11.6 Å². The zero-order chi connectivity index (χ0) is 12.3. The van der Waals surface area contributed by atoms with Gasteiger partial charge in [0.05, 0.1) is 11.6 Å². The number of fused-ring (bicyclic) bond motifs is 1. The Morgan fingerprint density at radius 1 is 1.35 bits per heavy atom. The maximum atomic E-state index is 10.8. The van der Waals surface area contributed by atoms with Gasteiger partial charge in [0, 0.05) is 22.7 Å². The Labute approximate surface area is 103 Å². The first-order valence-corrected chi connectivity index (χ1v) is 6.24. The zero-order valence-electron chi connectivity index (χ0n) is 9.17. The Balaban J connectivity index is 2.44. The van der Waals surface area contributed by atoms with Crippen molar-refractivity contribution in [1.82, 2.24) is 4.57 Å². The summed E-state index contributed by atoms with van der Waals surface area (Å²) in [4.78, 5) is 10.8. The molecule has 0 radical (unpaired) electrons. The molecule has 0 spiro atoms. The van der Waals surface area contributed by atoms with E-state index in [0.717, 1.165) is 15.8 Å². The molecule has 0 atom stereocenters. The van der Waals surface area contributed by atoms with Gasteiger partial charge < -0.3 is 14.8 Å². The molecule has 0 saturated heterocycles. The molecule has 0 fully saturated rings. The van der Waals surface area contributed by atoms with Crippen LogP contribution in [-0.4, -0.2) is 33.1 Å². The van der Waals surface area contributed by atoms with Crippen molar-refractivity contribution in [1.29, 1.82) is 0 Å². The number of aliphatic carboxylic acids is 1. The summed E-state index contributed by atoms with van der Waals surface area (Å²) in [5, 5.41) is 20.7. The van der Waals surface area contributed by atoms with E-state index in [1.54, 1.807) is 4.57 Å². The highest BCUT2D eigenvalue weighted by Gasteiger charge is 2.11. The number of aliphatic hydroxyl groups is 1. The Morgan fingerprint density at radius 2 is 2.12 bits per heavy atom. The summed E-state index contributed by atoms with van der Waals surface area (Å²) < 4.78 is 1.72. The lowest BCUT2D eigenvalue weighted by atomic mass is 10.2. The van der Waals surface area contributed by atoms with Crippen LogP contribution < -0.4 is 0 Å². The molecule has 2 rings (SSSR count). The van der Waals surface area contributed by atoms with Crippen LogP contribution in [0.25, 0.3) is 10.8 Å². The minimum absolute atomic E-state index is 0.0531. The summed E-state index contributed by atoms with van der Waals surface area (Å²) in [6.45, 7) is 0.0275. The Bertz CT molecular complexity index is 536. The Kier molecular flexibility index (Phi) is 3.71. The monoisotopic (exact) mass is 251 g/mol. The van der Waals surface area contributed by atoms with Gasteiger partial charge in [-0.25, -0.2) is 0 Å². The van der Waals surface area contributed by atoms with Crippen molar-refractivity contribution in [3.8, 4) is 0 Å². The van der Waals surface area contributed by atoms with Gasteiger partial charge in [-0.05, 0) is 0 Å². The quantitative estimate of drug-likeness (QED) is 0.796. The van der Waals surface area contributed by atoms with E-state index in [1.165, 1.54) is 11.8 Å². The van der Waals surface area contributed by atoms with Gasteiger partial charge in [-0.15, -0.1) is 11.8 Å². The fourth-order valence-electron chi connectivity index (χ4n) is 1.75. The van der Waals surface area contributed by atoms with Gasteiger partial charge >= 0.3 is 5.97 Å². The SMILES string of the molecule is O=C(O)Cn1cc2ccccc2c1SCCO. The fourth-order valence-corrected chi connectivity index (χ4v) is 2.66. The number of nitrogens with zero attached hydrogens (tertiary/aromatic N) is 1. The molecule has 0 aliphatic rings. The lowest BCUT2D eigenvalue weighted by Crippen LogP contribution is -2.08. The fraction of sp³-hybridized carbons (Fsp3) is 0.250. The average molecular weight is 251 g/mol. The molecule has 4 nitrogen and oxygen atoms in total. The number of carboxylic acids is 1. The average Bonchev–Trinajstić information content (AvgIpc) is 2.63. The van der Waals surface area contributed by atoms with Crippen LogP contribution >= 0.6 is 11.8 Å². The Hall–Kier alpha value is -1.46. The lowest BCUT2D eigenvalue weighted by molar-refractivity contribution is -0.137.